The minimum atomic E-state index is -4.26. The maximum atomic E-state index is 12.5. The summed E-state index contributed by atoms with van der Waals surface area (Å²) >= 11 is 0.626. The van der Waals surface area contributed by atoms with Crippen molar-refractivity contribution in [2.24, 2.45) is 0 Å². The molecule has 25 heavy (non-hydrogen) atoms. The van der Waals surface area contributed by atoms with Crippen LogP contribution in [0.4, 0.5) is 13.2 Å². The highest BCUT2D eigenvalue weighted by molar-refractivity contribution is 7.99. The molecule has 4 rings (SSSR count). The zero-order valence-corrected chi connectivity index (χ0v) is 13.6. The molecule has 4 aromatic rings. The van der Waals surface area contributed by atoms with Crippen molar-refractivity contribution in [3.05, 3.63) is 54.9 Å². The normalized spacial score (nSPS) is 12.1. The van der Waals surface area contributed by atoms with Crippen LogP contribution in [0, 0.1) is 0 Å². The Morgan fingerprint density at radius 1 is 0.920 bits per heavy atom. The Morgan fingerprint density at radius 2 is 1.72 bits per heavy atom. The van der Waals surface area contributed by atoms with Crippen molar-refractivity contribution in [1.82, 2.24) is 10.1 Å². The number of rotatable bonds is 3. The van der Waals surface area contributed by atoms with Gasteiger partial charge in [-0.2, -0.15) is 13.2 Å². The van der Waals surface area contributed by atoms with Crippen LogP contribution < -0.4 is 0 Å². The Labute approximate surface area is 144 Å². The van der Waals surface area contributed by atoms with E-state index < -0.39 is 11.9 Å². The average molecular weight is 360 g/mol. The number of pyridine rings is 1. The van der Waals surface area contributed by atoms with Gasteiger partial charge in [-0.15, -0.1) is 0 Å². The smallest absolute Gasteiger partial charge is 0.354 e. The van der Waals surface area contributed by atoms with Gasteiger partial charge in [0.15, 0.2) is 5.58 Å². The van der Waals surface area contributed by atoms with E-state index in [0.29, 0.717) is 22.7 Å². The van der Waals surface area contributed by atoms with Crippen LogP contribution in [0.15, 0.2) is 64.4 Å². The van der Waals surface area contributed by atoms with E-state index in [1.54, 1.807) is 24.5 Å². The molecule has 0 aliphatic rings. The maximum absolute atomic E-state index is 12.5. The van der Waals surface area contributed by atoms with Crippen LogP contribution in [0.3, 0.4) is 0 Å². The second kappa shape index (κ2) is 6.07. The molecule has 126 valence electrons. The van der Waals surface area contributed by atoms with Gasteiger partial charge in [0.25, 0.3) is 0 Å². The minimum Gasteiger partial charge on any atom is -0.354 e. The van der Waals surface area contributed by atoms with E-state index in [1.165, 1.54) is 0 Å². The molecule has 0 aliphatic heterocycles. The van der Waals surface area contributed by atoms with Crippen molar-refractivity contribution in [1.29, 1.82) is 0 Å². The third-order valence-electron chi connectivity index (χ3n) is 3.80. The molecule has 0 saturated heterocycles. The fraction of sp³-hybridized carbons (Fsp3) is 0.111. The molecule has 0 bridgehead atoms. The molecule has 7 heteroatoms. The zero-order chi connectivity index (χ0) is 17.4. The molecule has 2 aromatic carbocycles. The summed E-state index contributed by atoms with van der Waals surface area (Å²) in [5, 5.41) is 6.61. The van der Waals surface area contributed by atoms with Gasteiger partial charge in [0.2, 0.25) is 0 Å². The molecule has 0 saturated carbocycles. The number of aromatic nitrogens is 2. The van der Waals surface area contributed by atoms with Crippen LogP contribution in [0.5, 0.6) is 0 Å². The molecular formula is C18H11F3N2OS. The van der Waals surface area contributed by atoms with Gasteiger partial charge in [0, 0.05) is 28.9 Å². The predicted molar refractivity (Wildman–Crippen MR) is 91.5 cm³/mol. The van der Waals surface area contributed by atoms with Gasteiger partial charge in [-0.1, -0.05) is 53.3 Å². The first-order valence-corrected chi connectivity index (χ1v) is 8.42. The van der Waals surface area contributed by atoms with Crippen LogP contribution in [-0.4, -0.2) is 22.1 Å². The lowest BCUT2D eigenvalue weighted by atomic mass is 10.00. The molecule has 0 spiro atoms. The Balaban J connectivity index is 1.84. The van der Waals surface area contributed by atoms with E-state index in [9.17, 15) is 13.2 Å². The molecule has 0 unspecified atom stereocenters. The molecule has 0 radical (unpaired) electrons. The van der Waals surface area contributed by atoms with E-state index in [2.05, 4.69) is 10.1 Å². The summed E-state index contributed by atoms with van der Waals surface area (Å²) in [5.74, 6) is -1.01. The molecule has 0 aliphatic carbocycles. The van der Waals surface area contributed by atoms with Crippen LogP contribution in [0.25, 0.3) is 32.9 Å². The van der Waals surface area contributed by atoms with Gasteiger partial charge in [0.05, 0.1) is 11.1 Å². The van der Waals surface area contributed by atoms with E-state index in [0.717, 1.165) is 21.9 Å². The van der Waals surface area contributed by atoms with Crippen molar-refractivity contribution >= 4 is 33.5 Å². The Bertz CT molecular complexity index is 1050. The lowest BCUT2D eigenvalue weighted by Crippen LogP contribution is -2.10. The monoisotopic (exact) mass is 360 g/mol. The largest absolute Gasteiger partial charge is 0.398 e. The SMILES string of the molecule is FC(F)(F)CSc1noc2c(-c3cncc4ccccc34)cccc12. The highest BCUT2D eigenvalue weighted by Gasteiger charge is 2.28. The number of nitrogens with zero attached hydrogens (tertiary/aromatic N) is 2. The summed E-state index contributed by atoms with van der Waals surface area (Å²) in [6, 6.07) is 13.1. The van der Waals surface area contributed by atoms with E-state index in [4.69, 9.17) is 4.52 Å². The highest BCUT2D eigenvalue weighted by atomic mass is 32.2. The number of alkyl halides is 3. The van der Waals surface area contributed by atoms with Gasteiger partial charge in [0.1, 0.15) is 5.03 Å². The standard InChI is InChI=1S/C18H11F3N2OS/c19-18(20,21)10-25-17-14-7-3-6-13(16(14)24-23-17)15-9-22-8-11-4-1-2-5-12(11)15/h1-9H,10H2. The molecular weight excluding hydrogens is 349 g/mol. The predicted octanol–water partition coefficient (Wildman–Crippen LogP) is 5.70. The fourth-order valence-corrected chi connectivity index (χ4v) is 3.44. The number of thioether (sulfide) groups is 1. The zero-order valence-electron chi connectivity index (χ0n) is 12.7. The molecule has 0 N–H and O–H groups in total. The fourth-order valence-electron chi connectivity index (χ4n) is 2.74. The molecule has 0 amide bonds. The first kappa shape index (κ1) is 16.0. The van der Waals surface area contributed by atoms with Crippen molar-refractivity contribution in [3.8, 4) is 11.1 Å². The molecule has 3 nitrogen and oxygen atoms in total. The number of benzene rings is 2. The van der Waals surface area contributed by atoms with Crippen molar-refractivity contribution in [2.75, 3.05) is 5.75 Å². The van der Waals surface area contributed by atoms with Crippen molar-refractivity contribution in [2.45, 2.75) is 11.2 Å². The van der Waals surface area contributed by atoms with E-state index in [1.807, 2.05) is 30.3 Å². The topological polar surface area (TPSA) is 38.9 Å². The lowest BCUT2D eigenvalue weighted by Gasteiger charge is -2.06. The quantitative estimate of drug-likeness (QED) is 0.440. The van der Waals surface area contributed by atoms with E-state index in [-0.39, 0.29) is 5.03 Å². The molecule has 2 aromatic heterocycles. The highest BCUT2D eigenvalue weighted by Crippen LogP contribution is 2.37. The van der Waals surface area contributed by atoms with Gasteiger partial charge in [-0.25, -0.2) is 0 Å². The summed E-state index contributed by atoms with van der Waals surface area (Å²) in [7, 11) is 0. The van der Waals surface area contributed by atoms with Gasteiger partial charge in [-0.05, 0) is 11.5 Å². The number of hydrogen-bond acceptors (Lipinski definition) is 4. The Morgan fingerprint density at radius 3 is 2.56 bits per heavy atom. The second-order valence-corrected chi connectivity index (χ2v) is 6.45. The first-order valence-electron chi connectivity index (χ1n) is 7.44. The van der Waals surface area contributed by atoms with Crippen molar-refractivity contribution < 1.29 is 17.7 Å². The number of hydrogen-bond donors (Lipinski definition) is 0. The number of halogens is 3. The number of fused-ring (bicyclic) bond motifs is 2. The summed E-state index contributed by atoms with van der Waals surface area (Å²) in [4.78, 5) is 4.26. The third kappa shape index (κ3) is 3.07. The second-order valence-electron chi connectivity index (χ2n) is 5.48. The lowest BCUT2D eigenvalue weighted by molar-refractivity contribution is -0.105. The molecule has 0 atom stereocenters. The Kier molecular flexibility index (Phi) is 3.88. The van der Waals surface area contributed by atoms with E-state index >= 15 is 0 Å². The van der Waals surface area contributed by atoms with Crippen LogP contribution in [0.2, 0.25) is 0 Å². The minimum absolute atomic E-state index is 0.238. The summed E-state index contributed by atoms with van der Waals surface area (Å²) < 4.78 is 42.8. The summed E-state index contributed by atoms with van der Waals surface area (Å²) in [6.07, 6.45) is -0.765. The van der Waals surface area contributed by atoms with Crippen LogP contribution >= 0.6 is 11.8 Å². The van der Waals surface area contributed by atoms with Crippen LogP contribution in [0.1, 0.15) is 0 Å². The Hall–Kier alpha value is -2.54. The molecule has 2 heterocycles. The summed E-state index contributed by atoms with van der Waals surface area (Å²) in [5.41, 5.74) is 2.07. The first-order chi connectivity index (χ1) is 12.0. The molecule has 0 fully saturated rings. The summed E-state index contributed by atoms with van der Waals surface area (Å²) in [6.45, 7) is 0. The van der Waals surface area contributed by atoms with Crippen LogP contribution in [-0.2, 0) is 0 Å². The van der Waals surface area contributed by atoms with Gasteiger partial charge in [-0.3, -0.25) is 4.98 Å². The van der Waals surface area contributed by atoms with Crippen molar-refractivity contribution in [3.63, 3.8) is 0 Å². The maximum Gasteiger partial charge on any atom is 0.398 e. The number of para-hydroxylation sites is 1. The third-order valence-corrected chi connectivity index (χ3v) is 4.84. The average Bonchev–Trinajstić information content (AvgIpc) is 3.02. The van der Waals surface area contributed by atoms with Gasteiger partial charge < -0.3 is 4.52 Å². The van der Waals surface area contributed by atoms with Gasteiger partial charge >= 0.3 is 6.18 Å².